The molecule has 0 bridgehead atoms. The van der Waals surface area contributed by atoms with Gasteiger partial charge in [-0.2, -0.15) is 0 Å². The maximum absolute atomic E-state index is 11.9. The van der Waals surface area contributed by atoms with Crippen molar-refractivity contribution in [2.24, 2.45) is 17.8 Å². The van der Waals surface area contributed by atoms with Gasteiger partial charge >= 0.3 is 6.09 Å². The lowest BCUT2D eigenvalue weighted by molar-refractivity contribution is 0.00585. The summed E-state index contributed by atoms with van der Waals surface area (Å²) < 4.78 is 11.1. The average Bonchev–Trinajstić information content (AvgIpc) is 2.37. The summed E-state index contributed by atoms with van der Waals surface area (Å²) in [5, 5.41) is 2.84. The van der Waals surface area contributed by atoms with Crippen LogP contribution < -0.4 is 5.32 Å². The minimum atomic E-state index is -0.274. The molecule has 3 atom stereocenters. The lowest BCUT2D eigenvalue weighted by Crippen LogP contribution is -2.39. The van der Waals surface area contributed by atoms with Crippen molar-refractivity contribution in [3.63, 3.8) is 0 Å². The largest absolute Gasteiger partial charge is 0.446 e. The van der Waals surface area contributed by atoms with E-state index in [0.29, 0.717) is 30.9 Å². The first kappa shape index (κ1) is 18.3. The van der Waals surface area contributed by atoms with Crippen molar-refractivity contribution in [2.45, 2.75) is 72.5 Å². The molecular formula is C17H33NO3. The van der Waals surface area contributed by atoms with Gasteiger partial charge in [-0.15, -0.1) is 0 Å². The number of carbonyl (C=O) groups is 1. The summed E-state index contributed by atoms with van der Waals surface area (Å²) in [6, 6.07) is 0. The Hall–Kier alpha value is -0.770. The quantitative estimate of drug-likeness (QED) is 0.723. The predicted octanol–water partition coefficient (Wildman–Crippen LogP) is 3.99. The molecule has 0 heterocycles. The van der Waals surface area contributed by atoms with E-state index in [1.807, 2.05) is 13.8 Å². The highest BCUT2D eigenvalue weighted by Crippen LogP contribution is 2.35. The molecule has 1 saturated carbocycles. The highest BCUT2D eigenvalue weighted by Gasteiger charge is 2.33. The number of nitrogens with one attached hydrogen (secondary N) is 1. The molecule has 4 heteroatoms. The third-order valence-electron chi connectivity index (χ3n) is 4.26. The molecule has 0 aromatic rings. The van der Waals surface area contributed by atoms with Crippen LogP contribution in [-0.2, 0) is 9.47 Å². The zero-order valence-electron chi connectivity index (χ0n) is 14.4. The van der Waals surface area contributed by atoms with Crippen LogP contribution in [0.1, 0.15) is 60.3 Å². The molecule has 0 radical (unpaired) electrons. The second-order valence-corrected chi connectivity index (χ2v) is 6.97. The van der Waals surface area contributed by atoms with Crippen LogP contribution in [0, 0.1) is 17.8 Å². The highest BCUT2D eigenvalue weighted by molar-refractivity contribution is 5.67. The highest BCUT2D eigenvalue weighted by atomic mass is 16.6. The fraction of sp³-hybridized carbons (Fsp3) is 0.941. The molecule has 21 heavy (non-hydrogen) atoms. The second kappa shape index (κ2) is 9.29. The molecule has 1 fully saturated rings. The number of carbonyl (C=O) groups excluding carboxylic acids is 1. The van der Waals surface area contributed by atoms with E-state index in [9.17, 15) is 4.79 Å². The van der Waals surface area contributed by atoms with Crippen molar-refractivity contribution in [3.05, 3.63) is 0 Å². The van der Waals surface area contributed by atoms with E-state index in [0.717, 1.165) is 12.8 Å². The van der Waals surface area contributed by atoms with Gasteiger partial charge in [-0.1, -0.05) is 27.2 Å². The molecule has 1 aliphatic carbocycles. The molecule has 0 spiro atoms. The zero-order valence-corrected chi connectivity index (χ0v) is 14.4. The molecule has 124 valence electrons. The average molecular weight is 299 g/mol. The summed E-state index contributed by atoms with van der Waals surface area (Å²) in [5.41, 5.74) is 0. The van der Waals surface area contributed by atoms with Crippen LogP contribution >= 0.6 is 0 Å². The Morgan fingerprint density at radius 1 is 1.24 bits per heavy atom. The monoisotopic (exact) mass is 299 g/mol. The molecule has 1 rings (SSSR count). The number of hydrogen-bond donors (Lipinski definition) is 1. The van der Waals surface area contributed by atoms with Gasteiger partial charge < -0.3 is 14.8 Å². The molecule has 1 N–H and O–H groups in total. The molecular weight excluding hydrogens is 266 g/mol. The Balaban J connectivity index is 2.27. The number of hydrogen-bond acceptors (Lipinski definition) is 3. The van der Waals surface area contributed by atoms with Gasteiger partial charge in [0.2, 0.25) is 0 Å². The molecule has 0 saturated heterocycles. The molecule has 1 aliphatic rings. The number of ether oxygens (including phenoxy) is 2. The van der Waals surface area contributed by atoms with Crippen molar-refractivity contribution < 1.29 is 14.3 Å². The third kappa shape index (κ3) is 7.16. The maximum atomic E-state index is 11.9. The van der Waals surface area contributed by atoms with Crippen LogP contribution in [0.2, 0.25) is 0 Å². The smallest absolute Gasteiger partial charge is 0.407 e. The van der Waals surface area contributed by atoms with Crippen LogP contribution in [-0.4, -0.2) is 31.5 Å². The fourth-order valence-corrected chi connectivity index (χ4v) is 3.01. The van der Waals surface area contributed by atoms with Gasteiger partial charge in [-0.05, 0) is 50.9 Å². The summed E-state index contributed by atoms with van der Waals surface area (Å²) in [5.74, 6) is 1.71. The van der Waals surface area contributed by atoms with Gasteiger partial charge in [-0.25, -0.2) is 4.79 Å². The first-order valence-corrected chi connectivity index (χ1v) is 8.46. The lowest BCUT2D eigenvalue weighted by Gasteiger charge is -2.36. The van der Waals surface area contributed by atoms with Crippen LogP contribution in [0.5, 0.6) is 0 Å². The SMILES string of the molecule is CC1CC[C@@H](C(C)C)[C@H](OC(=O)NCCCOC(C)C)C1. The summed E-state index contributed by atoms with van der Waals surface area (Å²) in [7, 11) is 0. The maximum Gasteiger partial charge on any atom is 0.407 e. The van der Waals surface area contributed by atoms with Crippen LogP contribution in [0.25, 0.3) is 0 Å². The Bertz CT molecular complexity index is 304. The molecule has 1 unspecified atom stereocenters. The molecule has 4 nitrogen and oxygen atoms in total. The number of alkyl carbamates (subject to hydrolysis) is 1. The summed E-state index contributed by atoms with van der Waals surface area (Å²) >= 11 is 0. The van der Waals surface area contributed by atoms with E-state index < -0.39 is 0 Å². The lowest BCUT2D eigenvalue weighted by atomic mass is 9.75. The zero-order chi connectivity index (χ0) is 15.8. The first-order chi connectivity index (χ1) is 9.90. The topological polar surface area (TPSA) is 47.6 Å². The Kier molecular flexibility index (Phi) is 8.09. The van der Waals surface area contributed by atoms with Crippen molar-refractivity contribution in [1.29, 1.82) is 0 Å². The van der Waals surface area contributed by atoms with E-state index in [2.05, 4.69) is 26.1 Å². The van der Waals surface area contributed by atoms with Crippen LogP contribution in [0.15, 0.2) is 0 Å². The van der Waals surface area contributed by atoms with Crippen molar-refractivity contribution in [1.82, 2.24) is 5.32 Å². The number of amides is 1. The van der Waals surface area contributed by atoms with E-state index in [-0.39, 0.29) is 18.3 Å². The van der Waals surface area contributed by atoms with Gasteiger partial charge in [0.25, 0.3) is 0 Å². The van der Waals surface area contributed by atoms with Gasteiger partial charge in [0.05, 0.1) is 6.10 Å². The van der Waals surface area contributed by atoms with Crippen LogP contribution in [0.3, 0.4) is 0 Å². The minimum Gasteiger partial charge on any atom is -0.446 e. The summed E-state index contributed by atoms with van der Waals surface area (Å²) in [6.45, 7) is 12.0. The van der Waals surface area contributed by atoms with E-state index in [4.69, 9.17) is 9.47 Å². The Morgan fingerprint density at radius 2 is 1.95 bits per heavy atom. The fourth-order valence-electron chi connectivity index (χ4n) is 3.01. The Labute approximate surface area is 130 Å². The Morgan fingerprint density at radius 3 is 2.57 bits per heavy atom. The van der Waals surface area contributed by atoms with Crippen molar-refractivity contribution >= 4 is 6.09 Å². The normalized spacial score (nSPS) is 26.1. The van der Waals surface area contributed by atoms with E-state index in [1.165, 1.54) is 12.8 Å². The molecule has 0 aromatic carbocycles. The molecule has 0 aromatic heterocycles. The van der Waals surface area contributed by atoms with E-state index in [1.54, 1.807) is 0 Å². The third-order valence-corrected chi connectivity index (χ3v) is 4.26. The molecule has 0 aliphatic heterocycles. The van der Waals surface area contributed by atoms with Crippen molar-refractivity contribution in [3.8, 4) is 0 Å². The minimum absolute atomic E-state index is 0.0701. The van der Waals surface area contributed by atoms with Gasteiger partial charge in [-0.3, -0.25) is 0 Å². The summed E-state index contributed by atoms with van der Waals surface area (Å²) in [6.07, 6.45) is 4.27. The second-order valence-electron chi connectivity index (χ2n) is 6.97. The molecule has 1 amide bonds. The number of rotatable bonds is 7. The first-order valence-electron chi connectivity index (χ1n) is 8.46. The summed E-state index contributed by atoms with van der Waals surface area (Å²) in [4.78, 5) is 11.9. The van der Waals surface area contributed by atoms with Crippen LogP contribution in [0.4, 0.5) is 4.79 Å². The van der Waals surface area contributed by atoms with Gasteiger partial charge in [0, 0.05) is 13.2 Å². The standard InChI is InChI=1S/C17H33NO3/c1-12(2)15-8-7-14(5)11-16(15)21-17(19)18-9-6-10-20-13(3)4/h12-16H,6-11H2,1-5H3,(H,18,19)/t14?,15-,16+/m0/s1. The van der Waals surface area contributed by atoms with Crippen molar-refractivity contribution in [2.75, 3.05) is 13.2 Å². The van der Waals surface area contributed by atoms with Gasteiger partial charge in [0.15, 0.2) is 0 Å². The van der Waals surface area contributed by atoms with E-state index >= 15 is 0 Å². The van der Waals surface area contributed by atoms with Gasteiger partial charge in [0.1, 0.15) is 6.10 Å². The predicted molar refractivity (Wildman–Crippen MR) is 85.3 cm³/mol.